The molecule has 1 aliphatic carbocycles. The summed E-state index contributed by atoms with van der Waals surface area (Å²) < 4.78 is 0. The van der Waals surface area contributed by atoms with Gasteiger partial charge in [-0.1, -0.05) is 6.42 Å². The van der Waals surface area contributed by atoms with E-state index in [2.05, 4.69) is 0 Å². The van der Waals surface area contributed by atoms with Crippen LogP contribution in [0.3, 0.4) is 0 Å². The fourth-order valence-corrected chi connectivity index (χ4v) is 1.87. The first-order valence-electron chi connectivity index (χ1n) is 4.15. The van der Waals surface area contributed by atoms with E-state index in [4.69, 9.17) is 0 Å². The van der Waals surface area contributed by atoms with Crippen LogP contribution in [0.15, 0.2) is 0 Å². The topological polar surface area (TPSA) is 60.2 Å². The fourth-order valence-electron chi connectivity index (χ4n) is 1.87. The molecule has 12 heavy (non-hydrogen) atoms. The number of ketones is 1. The highest BCUT2D eigenvalue weighted by atomic mass is 16.6. The maximum Gasteiger partial charge on any atom is 0.209 e. The van der Waals surface area contributed by atoms with Crippen molar-refractivity contribution < 1.29 is 9.72 Å². The molecule has 0 saturated heterocycles. The van der Waals surface area contributed by atoms with Gasteiger partial charge in [0.05, 0.1) is 0 Å². The van der Waals surface area contributed by atoms with Crippen LogP contribution in [-0.4, -0.2) is 17.3 Å². The molecule has 0 unspecified atom stereocenters. The van der Waals surface area contributed by atoms with Crippen LogP contribution in [0.5, 0.6) is 0 Å². The largest absolute Gasteiger partial charge is 0.300 e. The van der Waals surface area contributed by atoms with Gasteiger partial charge in [0.15, 0.2) is 0 Å². The minimum Gasteiger partial charge on any atom is -0.300 e. The molecule has 1 saturated carbocycles. The molecule has 0 radical (unpaired) electrons. The minimum atomic E-state index is -0.303. The van der Waals surface area contributed by atoms with Crippen molar-refractivity contribution in [2.75, 3.05) is 6.54 Å². The molecule has 0 atom stereocenters. The van der Waals surface area contributed by atoms with E-state index in [0.29, 0.717) is 6.42 Å². The van der Waals surface area contributed by atoms with Crippen LogP contribution < -0.4 is 0 Å². The molecule has 1 rings (SSSR count). The molecule has 4 nitrogen and oxygen atoms in total. The molecule has 0 heterocycles. The van der Waals surface area contributed by atoms with Crippen LogP contribution in [-0.2, 0) is 4.79 Å². The SMILES string of the molecule is CC(=O)CC1(C[N+](=O)[O-])CCC1. The molecule has 0 aromatic rings. The summed E-state index contributed by atoms with van der Waals surface area (Å²) in [4.78, 5) is 20.8. The molecule has 1 aliphatic rings. The summed E-state index contributed by atoms with van der Waals surface area (Å²) in [5, 5.41) is 10.3. The van der Waals surface area contributed by atoms with Crippen molar-refractivity contribution >= 4 is 5.78 Å². The Morgan fingerprint density at radius 1 is 1.58 bits per heavy atom. The molecule has 68 valence electrons. The molecule has 1 fully saturated rings. The summed E-state index contributed by atoms with van der Waals surface area (Å²) in [6.45, 7) is 1.46. The van der Waals surface area contributed by atoms with Gasteiger partial charge in [-0.25, -0.2) is 0 Å². The number of Topliss-reactive ketones (excluding diaryl/α,β-unsaturated/α-hetero) is 1. The fraction of sp³-hybridized carbons (Fsp3) is 0.875. The van der Waals surface area contributed by atoms with Crippen molar-refractivity contribution in [1.82, 2.24) is 0 Å². The van der Waals surface area contributed by atoms with Crippen molar-refractivity contribution in [2.45, 2.75) is 32.6 Å². The van der Waals surface area contributed by atoms with Crippen molar-refractivity contribution in [3.8, 4) is 0 Å². The Hall–Kier alpha value is -0.930. The van der Waals surface area contributed by atoms with E-state index in [0.717, 1.165) is 19.3 Å². The number of carbonyl (C=O) groups excluding carboxylic acids is 1. The first-order chi connectivity index (χ1) is 5.54. The number of nitro groups is 1. The van der Waals surface area contributed by atoms with Gasteiger partial charge in [0, 0.05) is 16.8 Å². The summed E-state index contributed by atoms with van der Waals surface area (Å²) in [7, 11) is 0. The second kappa shape index (κ2) is 3.21. The van der Waals surface area contributed by atoms with Crippen LogP contribution in [0.4, 0.5) is 0 Å². The van der Waals surface area contributed by atoms with Crippen LogP contribution in [0.1, 0.15) is 32.6 Å². The Morgan fingerprint density at radius 2 is 2.17 bits per heavy atom. The minimum absolute atomic E-state index is 0.0351. The molecule has 0 bridgehead atoms. The van der Waals surface area contributed by atoms with E-state index in [9.17, 15) is 14.9 Å². The average molecular weight is 171 g/mol. The second-order valence-corrected chi connectivity index (χ2v) is 3.72. The van der Waals surface area contributed by atoms with E-state index in [1.807, 2.05) is 0 Å². The molecular weight excluding hydrogens is 158 g/mol. The zero-order valence-corrected chi connectivity index (χ0v) is 7.21. The highest BCUT2D eigenvalue weighted by Crippen LogP contribution is 2.44. The van der Waals surface area contributed by atoms with Gasteiger partial charge in [-0.2, -0.15) is 0 Å². The molecular formula is C8H13NO3. The van der Waals surface area contributed by atoms with Crippen LogP contribution in [0.25, 0.3) is 0 Å². The number of carbonyl (C=O) groups is 1. The van der Waals surface area contributed by atoms with E-state index >= 15 is 0 Å². The maximum atomic E-state index is 10.8. The van der Waals surface area contributed by atoms with Crippen molar-refractivity contribution in [3.63, 3.8) is 0 Å². The molecule has 0 aliphatic heterocycles. The van der Waals surface area contributed by atoms with Crippen LogP contribution >= 0.6 is 0 Å². The van der Waals surface area contributed by atoms with Crippen LogP contribution in [0, 0.1) is 15.5 Å². The molecule has 0 spiro atoms. The van der Waals surface area contributed by atoms with Crippen molar-refractivity contribution in [1.29, 1.82) is 0 Å². The van der Waals surface area contributed by atoms with Gasteiger partial charge in [-0.05, 0) is 19.8 Å². The Labute approximate surface area is 71.1 Å². The number of nitrogens with zero attached hydrogens (tertiary/aromatic N) is 1. The smallest absolute Gasteiger partial charge is 0.209 e. The summed E-state index contributed by atoms with van der Waals surface area (Å²) in [5.41, 5.74) is -0.282. The molecule has 0 N–H and O–H groups in total. The molecule has 0 aromatic heterocycles. The summed E-state index contributed by atoms with van der Waals surface area (Å²) in [6, 6.07) is 0. The van der Waals surface area contributed by atoms with Crippen molar-refractivity contribution in [2.24, 2.45) is 5.41 Å². The lowest BCUT2D eigenvalue weighted by atomic mass is 9.66. The van der Waals surface area contributed by atoms with Crippen LogP contribution in [0.2, 0.25) is 0 Å². The molecule has 0 aromatic carbocycles. The van der Waals surface area contributed by atoms with Gasteiger partial charge in [-0.3, -0.25) is 10.1 Å². The predicted octanol–water partition coefficient (Wildman–Crippen LogP) is 1.41. The lowest BCUT2D eigenvalue weighted by Crippen LogP contribution is -2.38. The molecule has 0 amide bonds. The lowest BCUT2D eigenvalue weighted by molar-refractivity contribution is -0.501. The third-order valence-electron chi connectivity index (χ3n) is 2.50. The third kappa shape index (κ3) is 2.03. The zero-order valence-electron chi connectivity index (χ0n) is 7.21. The number of hydrogen-bond donors (Lipinski definition) is 0. The summed E-state index contributed by atoms with van der Waals surface area (Å²) in [6.07, 6.45) is 3.09. The third-order valence-corrected chi connectivity index (χ3v) is 2.50. The zero-order chi connectivity index (χ0) is 9.19. The number of hydrogen-bond acceptors (Lipinski definition) is 3. The summed E-state index contributed by atoms with van der Waals surface area (Å²) >= 11 is 0. The first kappa shape index (κ1) is 9.16. The lowest BCUT2D eigenvalue weighted by Gasteiger charge is -2.37. The predicted molar refractivity (Wildman–Crippen MR) is 43.4 cm³/mol. The standard InChI is InChI=1S/C8H13NO3/c1-7(10)5-8(3-2-4-8)6-9(11)12/h2-6H2,1H3. The average Bonchev–Trinajstić information content (AvgIpc) is 1.80. The van der Waals surface area contributed by atoms with Gasteiger partial charge in [0.25, 0.3) is 0 Å². The Balaban J connectivity index is 2.50. The second-order valence-electron chi connectivity index (χ2n) is 3.72. The first-order valence-corrected chi connectivity index (χ1v) is 4.15. The Kier molecular flexibility index (Phi) is 2.45. The van der Waals surface area contributed by atoms with E-state index in [1.165, 1.54) is 6.92 Å². The Bertz CT molecular complexity index is 190. The van der Waals surface area contributed by atoms with Gasteiger partial charge in [-0.15, -0.1) is 0 Å². The highest BCUT2D eigenvalue weighted by molar-refractivity contribution is 5.76. The normalized spacial score (nSPS) is 19.8. The highest BCUT2D eigenvalue weighted by Gasteiger charge is 2.42. The maximum absolute atomic E-state index is 10.8. The van der Waals surface area contributed by atoms with E-state index < -0.39 is 0 Å². The Morgan fingerprint density at radius 3 is 2.42 bits per heavy atom. The van der Waals surface area contributed by atoms with Gasteiger partial charge < -0.3 is 4.79 Å². The monoisotopic (exact) mass is 171 g/mol. The van der Waals surface area contributed by atoms with Gasteiger partial charge in [0.2, 0.25) is 6.54 Å². The van der Waals surface area contributed by atoms with E-state index in [1.54, 1.807) is 0 Å². The van der Waals surface area contributed by atoms with Gasteiger partial charge >= 0.3 is 0 Å². The van der Waals surface area contributed by atoms with Gasteiger partial charge in [0.1, 0.15) is 5.78 Å². The van der Waals surface area contributed by atoms with Crippen molar-refractivity contribution in [3.05, 3.63) is 10.1 Å². The summed E-state index contributed by atoms with van der Waals surface area (Å²) in [5.74, 6) is 0.0663. The quantitative estimate of drug-likeness (QED) is 0.474. The van der Waals surface area contributed by atoms with E-state index in [-0.39, 0.29) is 22.7 Å². The molecule has 4 heteroatoms. The number of rotatable bonds is 4.